The average Bonchev–Trinajstić information content (AvgIpc) is 2.36. The lowest BCUT2D eigenvalue weighted by Crippen LogP contribution is -2.81. The second-order valence-electron chi connectivity index (χ2n) is 3.76. The molecule has 0 radical (unpaired) electrons. The van der Waals surface area contributed by atoms with Crippen molar-refractivity contribution in [3.63, 3.8) is 0 Å². The smallest absolute Gasteiger partial charge is 0.374 e. The Morgan fingerprint density at radius 2 is 1.27 bits per heavy atom. The first-order chi connectivity index (χ1) is 9.89. The lowest BCUT2D eigenvalue weighted by Gasteiger charge is -2.29. The molecule has 0 amide bonds. The molecule has 0 aliphatic rings. The molecule has 0 aliphatic carbocycles. The van der Waals surface area contributed by atoms with E-state index in [1.54, 1.807) is 0 Å². The van der Waals surface area contributed by atoms with Crippen LogP contribution in [0.25, 0.3) is 0 Å². The Morgan fingerprint density at radius 3 is 1.45 bits per heavy atom. The second-order valence-corrected chi connectivity index (χ2v) is 3.76. The summed E-state index contributed by atoms with van der Waals surface area (Å²) >= 11 is 0. The fraction of sp³-hybridized carbons (Fsp3) is 1.00. The quantitative estimate of drug-likeness (QED) is 0.252. The van der Waals surface area contributed by atoms with Gasteiger partial charge in [-0.05, 0) is 0 Å². The van der Waals surface area contributed by atoms with Crippen LogP contribution in [0.3, 0.4) is 0 Å². The van der Waals surface area contributed by atoms with Crippen molar-refractivity contribution in [3.05, 3.63) is 40.5 Å². The van der Waals surface area contributed by atoms with Gasteiger partial charge in [0.25, 0.3) is 0 Å². The number of nitro groups is 4. The molecule has 0 fully saturated rings. The van der Waals surface area contributed by atoms with Crippen molar-refractivity contribution in [3.8, 4) is 0 Å². The van der Waals surface area contributed by atoms with E-state index in [9.17, 15) is 50.7 Å². The maximum Gasteiger partial charge on any atom is 0.678 e. The predicted octanol–water partition coefficient (Wildman–Crippen LogP) is -2.58. The number of nitrogens with zero attached hydrogens (tertiary/aromatic N) is 4. The van der Waals surface area contributed by atoms with Crippen LogP contribution in [0.4, 0.5) is 0 Å². The number of rotatable bonds is 9. The van der Waals surface area contributed by atoms with E-state index in [-0.39, 0.29) is 0 Å². The molecule has 2 N–H and O–H groups in total. The fourth-order valence-corrected chi connectivity index (χ4v) is 1.74. The Balaban J connectivity index is 7.03. The van der Waals surface area contributed by atoms with Crippen LogP contribution in [0.15, 0.2) is 0 Å². The number of aliphatic hydroxyl groups is 2. The zero-order valence-corrected chi connectivity index (χ0v) is 11.0. The molecule has 0 rings (SSSR count). The molecule has 1 unspecified atom stereocenters. The van der Waals surface area contributed by atoms with Crippen LogP contribution in [0, 0.1) is 40.5 Å². The highest BCUT2D eigenvalue weighted by Crippen LogP contribution is 2.39. The van der Waals surface area contributed by atoms with Gasteiger partial charge in [0.15, 0.2) is 6.61 Å². The minimum Gasteiger partial charge on any atom is -0.374 e. The highest BCUT2D eigenvalue weighted by Gasteiger charge is 3.00. The lowest BCUT2D eigenvalue weighted by molar-refractivity contribution is -0.943. The summed E-state index contributed by atoms with van der Waals surface area (Å²) in [5.41, 5.74) is -8.76. The average molecular weight is 330 g/mol. The van der Waals surface area contributed by atoms with Gasteiger partial charge in [-0.15, -0.1) is 0 Å². The second kappa shape index (κ2) is 6.05. The van der Waals surface area contributed by atoms with Gasteiger partial charge in [-0.2, -0.15) is 0 Å². The highest BCUT2D eigenvalue weighted by molar-refractivity contribution is 4.92. The normalized spacial score (nSPS) is 14.9. The Hall–Kier alpha value is -2.56. The summed E-state index contributed by atoms with van der Waals surface area (Å²) in [7, 11) is 1.09. The molecule has 0 aromatic heterocycles. The van der Waals surface area contributed by atoms with E-state index in [1.807, 2.05) is 0 Å². The third kappa shape index (κ3) is 2.19. The van der Waals surface area contributed by atoms with Crippen LogP contribution in [-0.2, 0) is 9.47 Å². The van der Waals surface area contributed by atoms with E-state index in [0.29, 0.717) is 14.2 Å². The van der Waals surface area contributed by atoms with Gasteiger partial charge in [0.05, 0.1) is 4.92 Å². The van der Waals surface area contributed by atoms with Crippen LogP contribution in [-0.4, -0.2) is 68.0 Å². The zero-order chi connectivity index (χ0) is 17.9. The molecule has 1 atom stereocenters. The largest absolute Gasteiger partial charge is 0.678 e. The first-order valence-electron chi connectivity index (χ1n) is 4.97. The van der Waals surface area contributed by atoms with Gasteiger partial charge in [-0.25, -0.2) is 0 Å². The molecule has 0 spiro atoms. The van der Waals surface area contributed by atoms with E-state index in [4.69, 9.17) is 0 Å². The zero-order valence-electron chi connectivity index (χ0n) is 11.0. The van der Waals surface area contributed by atoms with Crippen molar-refractivity contribution in [1.82, 2.24) is 0 Å². The first kappa shape index (κ1) is 19.4. The summed E-state index contributed by atoms with van der Waals surface area (Å²) in [5.74, 6) is -5.00. The Bertz CT molecular complexity index is 490. The van der Waals surface area contributed by atoms with E-state index in [1.165, 1.54) is 0 Å². The third-order valence-electron chi connectivity index (χ3n) is 2.77. The highest BCUT2D eigenvalue weighted by atomic mass is 16.8. The van der Waals surface area contributed by atoms with E-state index < -0.39 is 43.6 Å². The van der Waals surface area contributed by atoms with Crippen LogP contribution in [0.1, 0.15) is 0 Å². The summed E-state index contributed by atoms with van der Waals surface area (Å²) in [5, 5.41) is 62.6. The van der Waals surface area contributed by atoms with Crippen molar-refractivity contribution < 1.29 is 39.4 Å². The van der Waals surface area contributed by atoms with Crippen LogP contribution >= 0.6 is 0 Å². The molecule has 0 saturated heterocycles. The van der Waals surface area contributed by atoms with Crippen molar-refractivity contribution in [2.75, 3.05) is 20.8 Å². The van der Waals surface area contributed by atoms with E-state index in [0.717, 1.165) is 0 Å². The standard InChI is InChI=1S/C6H10N4O12/c1-21-3-4(22-2,7(13)14)5(8(15)16,9(17)18)6(11,12)10(19)20/h11-12H,3H2,1-2H3. The number of hydrogen-bond donors (Lipinski definition) is 2. The van der Waals surface area contributed by atoms with Gasteiger partial charge in [-0.3, -0.25) is 50.7 Å². The number of methoxy groups -OCH3 is 2. The topological polar surface area (TPSA) is 231 Å². The maximum absolute atomic E-state index is 11.1. The minimum absolute atomic E-state index is 0.375. The Labute approximate surface area is 119 Å². The lowest BCUT2D eigenvalue weighted by atomic mass is 9.93. The van der Waals surface area contributed by atoms with E-state index >= 15 is 0 Å². The number of hydrogen-bond acceptors (Lipinski definition) is 12. The van der Waals surface area contributed by atoms with Crippen molar-refractivity contribution in [2.45, 2.75) is 17.3 Å². The minimum atomic E-state index is -5.00. The Morgan fingerprint density at radius 1 is 0.864 bits per heavy atom. The molecule has 0 aliphatic heterocycles. The molecule has 16 nitrogen and oxygen atoms in total. The molecule has 126 valence electrons. The molecular formula is C6H10N4O12. The molecule has 0 saturated carbocycles. The van der Waals surface area contributed by atoms with Crippen LogP contribution in [0.5, 0.6) is 0 Å². The third-order valence-corrected chi connectivity index (χ3v) is 2.77. The van der Waals surface area contributed by atoms with Crippen molar-refractivity contribution in [2.24, 2.45) is 0 Å². The van der Waals surface area contributed by atoms with Gasteiger partial charge in [0.1, 0.15) is 14.8 Å². The summed E-state index contributed by atoms with van der Waals surface area (Å²) in [6, 6.07) is 0. The van der Waals surface area contributed by atoms with E-state index in [2.05, 4.69) is 9.47 Å². The summed E-state index contributed by atoms with van der Waals surface area (Å²) in [6.45, 7) is -1.57. The monoisotopic (exact) mass is 330 g/mol. The number of ether oxygens (including phenoxy) is 2. The van der Waals surface area contributed by atoms with Gasteiger partial charge < -0.3 is 9.47 Å². The predicted molar refractivity (Wildman–Crippen MR) is 59.5 cm³/mol. The maximum atomic E-state index is 11.1. The molecular weight excluding hydrogens is 320 g/mol. The molecule has 0 heterocycles. The molecule has 22 heavy (non-hydrogen) atoms. The summed E-state index contributed by atoms with van der Waals surface area (Å²) in [4.78, 5) is 35.6. The SMILES string of the molecule is COCC(OC)([N+](=O)[O-])C([N+](=O)[O-])([N+](=O)[O-])C(O)(O)[N+](=O)[O-]. The van der Waals surface area contributed by atoms with Crippen molar-refractivity contribution >= 4 is 0 Å². The van der Waals surface area contributed by atoms with Gasteiger partial charge in [0.2, 0.25) is 0 Å². The first-order valence-corrected chi connectivity index (χ1v) is 4.97. The van der Waals surface area contributed by atoms with Crippen molar-refractivity contribution in [1.29, 1.82) is 0 Å². The summed E-state index contributed by atoms with van der Waals surface area (Å²) in [6.07, 6.45) is 0. The van der Waals surface area contributed by atoms with Gasteiger partial charge in [0, 0.05) is 14.2 Å². The molecule has 16 heteroatoms. The molecule has 0 aromatic carbocycles. The summed E-state index contributed by atoms with van der Waals surface area (Å²) < 4.78 is 8.35. The molecule has 0 bridgehead atoms. The van der Waals surface area contributed by atoms with Gasteiger partial charge in [-0.1, -0.05) is 0 Å². The fourth-order valence-electron chi connectivity index (χ4n) is 1.74. The van der Waals surface area contributed by atoms with Crippen LogP contribution in [0.2, 0.25) is 0 Å². The van der Waals surface area contributed by atoms with Crippen LogP contribution < -0.4 is 0 Å². The van der Waals surface area contributed by atoms with Gasteiger partial charge >= 0.3 is 17.3 Å². The Kier molecular flexibility index (Phi) is 5.35. The molecule has 0 aromatic rings.